The molecule has 0 bridgehead atoms. The number of hydrogen-bond donors (Lipinski definition) is 1. The topological polar surface area (TPSA) is 38.3 Å². The molecule has 0 fully saturated rings. The number of nitrogens with one attached hydrogen (secondary N) is 1. The van der Waals surface area contributed by atoms with Crippen LogP contribution in [0.5, 0.6) is 0 Å². The van der Waals surface area contributed by atoms with Gasteiger partial charge in [0.1, 0.15) is 0 Å². The highest BCUT2D eigenvalue weighted by atomic mass is 16.5. The summed E-state index contributed by atoms with van der Waals surface area (Å²) in [4.78, 5) is 11.7. The second-order valence-corrected chi connectivity index (χ2v) is 4.54. The zero-order valence-corrected chi connectivity index (χ0v) is 10.8. The minimum atomic E-state index is -0.222. The van der Waals surface area contributed by atoms with Gasteiger partial charge in [0.05, 0.1) is 13.0 Å². The van der Waals surface area contributed by atoms with Crippen LogP contribution in [0, 0.1) is 5.92 Å². The van der Waals surface area contributed by atoms with Crippen molar-refractivity contribution in [1.82, 2.24) is 5.32 Å². The molecule has 1 unspecified atom stereocenters. The lowest BCUT2D eigenvalue weighted by atomic mass is 9.99. The summed E-state index contributed by atoms with van der Waals surface area (Å²) in [6, 6.07) is 9.73. The summed E-state index contributed by atoms with van der Waals surface area (Å²) >= 11 is 0. The Morgan fingerprint density at radius 3 is 2.41 bits per heavy atom. The third-order valence-corrected chi connectivity index (χ3v) is 2.59. The summed E-state index contributed by atoms with van der Waals surface area (Å²) in [6.45, 7) is 5.81. The van der Waals surface area contributed by atoms with Gasteiger partial charge in [-0.3, -0.25) is 4.79 Å². The highest BCUT2D eigenvalue weighted by Gasteiger charge is 2.20. The number of carbonyl (C=O) groups is 1. The van der Waals surface area contributed by atoms with Crippen LogP contribution in [-0.4, -0.2) is 26.2 Å². The van der Waals surface area contributed by atoms with Crippen LogP contribution < -0.4 is 5.32 Å². The van der Waals surface area contributed by atoms with Gasteiger partial charge in [-0.1, -0.05) is 44.2 Å². The van der Waals surface area contributed by atoms with Crippen molar-refractivity contribution in [3.8, 4) is 0 Å². The van der Waals surface area contributed by atoms with E-state index < -0.39 is 0 Å². The Bertz CT molecular complexity index is 335. The predicted octanol–water partition coefficient (Wildman–Crippen LogP) is 2.19. The first kappa shape index (κ1) is 13.7. The van der Waals surface area contributed by atoms with Crippen molar-refractivity contribution in [2.45, 2.75) is 19.8 Å². The average Bonchev–Trinajstić information content (AvgIpc) is 2.34. The first-order chi connectivity index (χ1) is 8.15. The lowest BCUT2D eigenvalue weighted by Gasteiger charge is -2.16. The molecule has 1 aromatic carbocycles. The SMILES string of the molecule is COC(=O)C(CNCC(C)C)c1ccccc1. The summed E-state index contributed by atoms with van der Waals surface area (Å²) in [6.07, 6.45) is 0. The van der Waals surface area contributed by atoms with Crippen molar-refractivity contribution in [3.05, 3.63) is 35.9 Å². The average molecular weight is 235 g/mol. The molecule has 0 aliphatic rings. The Hall–Kier alpha value is -1.35. The van der Waals surface area contributed by atoms with Gasteiger partial charge in [-0.2, -0.15) is 0 Å². The van der Waals surface area contributed by atoms with Crippen LogP contribution in [0.3, 0.4) is 0 Å². The van der Waals surface area contributed by atoms with Gasteiger partial charge >= 0.3 is 5.97 Å². The van der Waals surface area contributed by atoms with Crippen molar-refractivity contribution >= 4 is 5.97 Å². The van der Waals surface area contributed by atoms with Gasteiger partial charge in [0.25, 0.3) is 0 Å². The Kier molecular flexibility index (Phi) is 5.70. The molecule has 17 heavy (non-hydrogen) atoms. The summed E-state index contributed by atoms with van der Waals surface area (Å²) in [5.74, 6) is 0.163. The van der Waals surface area contributed by atoms with Crippen molar-refractivity contribution in [1.29, 1.82) is 0 Å². The maximum absolute atomic E-state index is 11.7. The summed E-state index contributed by atoms with van der Waals surface area (Å²) in [5.41, 5.74) is 0.996. The molecule has 0 aliphatic heterocycles. The molecule has 0 saturated carbocycles. The van der Waals surface area contributed by atoms with Crippen LogP contribution in [-0.2, 0) is 9.53 Å². The molecule has 3 heteroatoms. The first-order valence-electron chi connectivity index (χ1n) is 5.98. The Morgan fingerprint density at radius 1 is 1.24 bits per heavy atom. The van der Waals surface area contributed by atoms with Crippen molar-refractivity contribution < 1.29 is 9.53 Å². The van der Waals surface area contributed by atoms with Crippen molar-refractivity contribution in [2.75, 3.05) is 20.2 Å². The van der Waals surface area contributed by atoms with Crippen LogP contribution in [0.1, 0.15) is 25.3 Å². The number of carbonyl (C=O) groups excluding carboxylic acids is 1. The minimum Gasteiger partial charge on any atom is -0.469 e. The second-order valence-electron chi connectivity index (χ2n) is 4.54. The van der Waals surface area contributed by atoms with Gasteiger partial charge in [0.15, 0.2) is 0 Å². The standard InChI is InChI=1S/C14H21NO2/c1-11(2)9-15-10-13(14(16)17-3)12-7-5-4-6-8-12/h4-8,11,13,15H,9-10H2,1-3H3. The van der Waals surface area contributed by atoms with E-state index in [4.69, 9.17) is 4.74 Å². The number of rotatable bonds is 6. The predicted molar refractivity (Wildman–Crippen MR) is 68.9 cm³/mol. The van der Waals surface area contributed by atoms with E-state index in [-0.39, 0.29) is 11.9 Å². The maximum Gasteiger partial charge on any atom is 0.314 e. The van der Waals surface area contributed by atoms with Crippen molar-refractivity contribution in [3.63, 3.8) is 0 Å². The molecule has 0 spiro atoms. The lowest BCUT2D eigenvalue weighted by Crippen LogP contribution is -2.30. The smallest absolute Gasteiger partial charge is 0.314 e. The first-order valence-corrected chi connectivity index (χ1v) is 5.98. The van der Waals surface area contributed by atoms with Crippen LogP contribution in [0.2, 0.25) is 0 Å². The molecular formula is C14H21NO2. The molecule has 3 nitrogen and oxygen atoms in total. The van der Waals surface area contributed by atoms with E-state index >= 15 is 0 Å². The molecule has 1 N–H and O–H groups in total. The number of esters is 1. The molecular weight excluding hydrogens is 214 g/mol. The van der Waals surface area contributed by atoms with E-state index in [2.05, 4.69) is 19.2 Å². The van der Waals surface area contributed by atoms with E-state index in [1.54, 1.807) is 0 Å². The van der Waals surface area contributed by atoms with Crippen molar-refractivity contribution in [2.24, 2.45) is 5.92 Å². The Labute approximate surface area is 103 Å². The molecule has 0 aliphatic carbocycles. The summed E-state index contributed by atoms with van der Waals surface area (Å²) in [5, 5.41) is 3.30. The van der Waals surface area contributed by atoms with Gasteiger partial charge in [-0.15, -0.1) is 0 Å². The summed E-state index contributed by atoms with van der Waals surface area (Å²) < 4.78 is 4.85. The van der Waals surface area contributed by atoms with Crippen LogP contribution in [0.15, 0.2) is 30.3 Å². The molecule has 1 rings (SSSR count). The van der Waals surface area contributed by atoms with E-state index in [1.165, 1.54) is 7.11 Å². The quantitative estimate of drug-likeness (QED) is 0.768. The number of benzene rings is 1. The minimum absolute atomic E-state index is 0.188. The fourth-order valence-electron chi connectivity index (χ4n) is 1.68. The molecule has 0 amide bonds. The van der Waals surface area contributed by atoms with Crippen LogP contribution >= 0.6 is 0 Å². The maximum atomic E-state index is 11.7. The molecule has 94 valence electrons. The lowest BCUT2D eigenvalue weighted by molar-refractivity contribution is -0.142. The van der Waals surface area contributed by atoms with Gasteiger partial charge in [0.2, 0.25) is 0 Å². The molecule has 0 aromatic heterocycles. The summed E-state index contributed by atoms with van der Waals surface area (Å²) in [7, 11) is 1.43. The monoisotopic (exact) mass is 235 g/mol. The molecule has 0 radical (unpaired) electrons. The van der Waals surface area contributed by atoms with E-state index in [0.29, 0.717) is 12.5 Å². The fourth-order valence-corrected chi connectivity index (χ4v) is 1.68. The molecule has 0 heterocycles. The zero-order chi connectivity index (χ0) is 12.7. The van der Waals surface area contributed by atoms with Gasteiger partial charge in [0, 0.05) is 6.54 Å². The second kappa shape index (κ2) is 7.07. The highest BCUT2D eigenvalue weighted by Crippen LogP contribution is 2.16. The van der Waals surface area contributed by atoms with Gasteiger partial charge in [-0.25, -0.2) is 0 Å². The number of methoxy groups -OCH3 is 1. The number of hydrogen-bond acceptors (Lipinski definition) is 3. The third-order valence-electron chi connectivity index (χ3n) is 2.59. The third kappa shape index (κ3) is 4.57. The fraction of sp³-hybridized carbons (Fsp3) is 0.500. The largest absolute Gasteiger partial charge is 0.469 e. The van der Waals surface area contributed by atoms with Gasteiger partial charge in [-0.05, 0) is 18.0 Å². The van der Waals surface area contributed by atoms with E-state index in [0.717, 1.165) is 12.1 Å². The van der Waals surface area contributed by atoms with Gasteiger partial charge < -0.3 is 10.1 Å². The van der Waals surface area contributed by atoms with E-state index in [9.17, 15) is 4.79 Å². The normalized spacial score (nSPS) is 12.5. The molecule has 0 saturated heterocycles. The zero-order valence-electron chi connectivity index (χ0n) is 10.8. The van der Waals surface area contributed by atoms with Crippen LogP contribution in [0.4, 0.5) is 0 Å². The molecule has 1 atom stereocenters. The Balaban J connectivity index is 2.65. The van der Waals surface area contributed by atoms with E-state index in [1.807, 2.05) is 30.3 Å². The molecule has 1 aromatic rings. The highest BCUT2D eigenvalue weighted by molar-refractivity contribution is 5.78. The number of ether oxygens (including phenoxy) is 1. The Morgan fingerprint density at radius 2 is 1.88 bits per heavy atom. The van der Waals surface area contributed by atoms with Crippen LogP contribution in [0.25, 0.3) is 0 Å².